The minimum absolute atomic E-state index is 0. The lowest BCUT2D eigenvalue weighted by atomic mass is 10.3. The van der Waals surface area contributed by atoms with Gasteiger partial charge in [0.05, 0.1) is 4.47 Å². The molecule has 2 aromatic heterocycles. The zero-order chi connectivity index (χ0) is 16.7. The van der Waals surface area contributed by atoms with Gasteiger partial charge in [-0.05, 0) is 46.3 Å². The van der Waals surface area contributed by atoms with E-state index in [4.69, 9.17) is 10.5 Å². The minimum atomic E-state index is 0. The van der Waals surface area contributed by atoms with E-state index in [0.29, 0.717) is 11.1 Å². The number of aromatic hydroxyl groups is 1. The zero-order valence-electron chi connectivity index (χ0n) is 12.9. The number of nitrogens with zero attached hydrogens (tertiary/aromatic N) is 1. The standard InChI is InChI=1S/C9H6BrNO.C9H11NO.BrH/c10-7-4-6-11-5-2-1-3-8(11)9(7)12;1-2-7-11-9-5-3-8(10)4-6-9;/h1-6H;2-6H,1,7,10H2;1H. The number of hydrogen-bond donors (Lipinski definition) is 2. The predicted molar refractivity (Wildman–Crippen MR) is 95.5 cm³/mol. The summed E-state index contributed by atoms with van der Waals surface area (Å²) in [7, 11) is 0. The van der Waals surface area contributed by atoms with Crippen LogP contribution < -0.4 is 31.9 Å². The summed E-state index contributed by atoms with van der Waals surface area (Å²) in [5, 5.41) is 9.59. The van der Waals surface area contributed by atoms with Crippen LogP contribution in [0.2, 0.25) is 0 Å². The highest BCUT2D eigenvalue weighted by atomic mass is 79.9. The molecule has 0 spiro atoms. The average molecular weight is 454 g/mol. The van der Waals surface area contributed by atoms with Crippen molar-refractivity contribution in [2.75, 3.05) is 12.3 Å². The summed E-state index contributed by atoms with van der Waals surface area (Å²) in [4.78, 5) is 0. The molecule has 6 heteroatoms. The van der Waals surface area contributed by atoms with E-state index in [1.54, 1.807) is 18.2 Å². The SMILES string of the molecule is C=CCOc1ccc(N)cc1.Oc1c(Br)cc[n+]2ccccc12.[Br-]. The fourth-order valence-electron chi connectivity index (χ4n) is 1.85. The van der Waals surface area contributed by atoms with Crippen molar-refractivity contribution in [2.24, 2.45) is 0 Å². The number of halogens is 2. The van der Waals surface area contributed by atoms with Gasteiger partial charge in [-0.1, -0.05) is 12.7 Å². The lowest BCUT2D eigenvalue weighted by Crippen LogP contribution is -3.00. The van der Waals surface area contributed by atoms with E-state index >= 15 is 0 Å². The third kappa shape index (κ3) is 5.54. The van der Waals surface area contributed by atoms with Crippen molar-refractivity contribution in [1.29, 1.82) is 0 Å². The fraction of sp³-hybridized carbons (Fsp3) is 0.0556. The molecule has 24 heavy (non-hydrogen) atoms. The van der Waals surface area contributed by atoms with Gasteiger partial charge in [0.15, 0.2) is 12.4 Å². The summed E-state index contributed by atoms with van der Waals surface area (Å²) < 4.78 is 7.81. The first-order chi connectivity index (χ1) is 11.1. The van der Waals surface area contributed by atoms with Crippen LogP contribution in [0, 0.1) is 0 Å². The molecule has 126 valence electrons. The van der Waals surface area contributed by atoms with E-state index in [1.165, 1.54) is 0 Å². The number of nitrogen functional groups attached to an aromatic ring is 1. The van der Waals surface area contributed by atoms with Gasteiger partial charge in [-0.15, -0.1) is 0 Å². The number of nitrogens with two attached hydrogens (primary N) is 1. The molecule has 0 radical (unpaired) electrons. The molecule has 0 bridgehead atoms. The third-order valence-electron chi connectivity index (χ3n) is 2.99. The second kappa shape index (κ2) is 9.95. The Balaban J connectivity index is 0.000000232. The molecule has 0 saturated heterocycles. The molecule has 0 fully saturated rings. The van der Waals surface area contributed by atoms with Crippen LogP contribution in [-0.4, -0.2) is 11.7 Å². The highest BCUT2D eigenvalue weighted by Gasteiger charge is 2.09. The number of aromatic nitrogens is 1. The fourth-order valence-corrected chi connectivity index (χ4v) is 2.17. The smallest absolute Gasteiger partial charge is 0.253 e. The van der Waals surface area contributed by atoms with Crippen LogP contribution in [0.25, 0.3) is 5.52 Å². The van der Waals surface area contributed by atoms with Gasteiger partial charge in [0.25, 0.3) is 5.52 Å². The maximum atomic E-state index is 9.59. The van der Waals surface area contributed by atoms with E-state index in [9.17, 15) is 5.11 Å². The van der Waals surface area contributed by atoms with Crippen LogP contribution in [0.4, 0.5) is 5.69 Å². The molecule has 0 amide bonds. The minimum Gasteiger partial charge on any atom is -1.00 e. The Morgan fingerprint density at radius 1 is 1.12 bits per heavy atom. The lowest BCUT2D eigenvalue weighted by Gasteiger charge is -2.01. The van der Waals surface area contributed by atoms with Crippen LogP contribution in [0.3, 0.4) is 0 Å². The topological polar surface area (TPSA) is 59.6 Å². The third-order valence-corrected chi connectivity index (χ3v) is 3.63. The molecule has 0 aliphatic carbocycles. The molecule has 3 aromatic rings. The van der Waals surface area contributed by atoms with Crippen LogP contribution in [-0.2, 0) is 0 Å². The van der Waals surface area contributed by atoms with Crippen LogP contribution >= 0.6 is 15.9 Å². The van der Waals surface area contributed by atoms with Gasteiger partial charge in [-0.3, -0.25) is 0 Å². The number of anilines is 1. The molecular weight excluding hydrogens is 436 g/mol. The summed E-state index contributed by atoms with van der Waals surface area (Å²) in [5.74, 6) is 1.09. The van der Waals surface area contributed by atoms with Gasteiger partial charge in [0.1, 0.15) is 12.4 Å². The van der Waals surface area contributed by atoms with Gasteiger partial charge in [0.2, 0.25) is 5.75 Å². The molecule has 0 aliphatic rings. The summed E-state index contributed by atoms with van der Waals surface area (Å²) in [6, 6.07) is 14.7. The number of benzene rings is 1. The Hall–Kier alpha value is -2.05. The van der Waals surface area contributed by atoms with Gasteiger partial charge in [-0.25, -0.2) is 0 Å². The lowest BCUT2D eigenvalue weighted by molar-refractivity contribution is -0.512. The molecule has 2 heterocycles. The second-order valence-corrected chi connectivity index (χ2v) is 5.53. The van der Waals surface area contributed by atoms with Gasteiger partial charge in [-0.2, -0.15) is 4.40 Å². The summed E-state index contributed by atoms with van der Waals surface area (Å²) >= 11 is 3.25. The van der Waals surface area contributed by atoms with E-state index in [-0.39, 0.29) is 22.7 Å². The second-order valence-electron chi connectivity index (χ2n) is 4.67. The van der Waals surface area contributed by atoms with Crippen molar-refractivity contribution in [3.8, 4) is 11.5 Å². The van der Waals surface area contributed by atoms with E-state index in [1.807, 2.05) is 53.2 Å². The van der Waals surface area contributed by atoms with Crippen LogP contribution in [0.15, 0.2) is 78.1 Å². The number of rotatable bonds is 3. The highest BCUT2D eigenvalue weighted by Crippen LogP contribution is 2.24. The normalized spacial score (nSPS) is 9.38. The molecule has 3 N–H and O–H groups in total. The molecule has 0 unspecified atom stereocenters. The van der Waals surface area contributed by atoms with Crippen molar-refractivity contribution in [3.05, 3.63) is 78.1 Å². The van der Waals surface area contributed by atoms with Crippen molar-refractivity contribution < 1.29 is 31.2 Å². The Morgan fingerprint density at radius 3 is 2.50 bits per heavy atom. The van der Waals surface area contributed by atoms with Crippen molar-refractivity contribution in [2.45, 2.75) is 0 Å². The Kier molecular flexibility index (Phi) is 8.29. The van der Waals surface area contributed by atoms with Crippen molar-refractivity contribution >= 4 is 27.1 Å². The van der Waals surface area contributed by atoms with Crippen LogP contribution in [0.1, 0.15) is 0 Å². The maximum absolute atomic E-state index is 9.59. The Morgan fingerprint density at radius 2 is 1.83 bits per heavy atom. The largest absolute Gasteiger partial charge is 1.00 e. The number of pyridine rings is 2. The zero-order valence-corrected chi connectivity index (χ0v) is 16.1. The van der Waals surface area contributed by atoms with Gasteiger partial charge in [0, 0.05) is 23.9 Å². The molecular formula is C18H18Br2N2O2. The first-order valence-electron chi connectivity index (χ1n) is 6.98. The van der Waals surface area contributed by atoms with Crippen molar-refractivity contribution in [3.63, 3.8) is 0 Å². The predicted octanol–water partition coefficient (Wildman–Crippen LogP) is 0.731. The van der Waals surface area contributed by atoms with E-state index in [2.05, 4.69) is 22.5 Å². The van der Waals surface area contributed by atoms with Gasteiger partial charge >= 0.3 is 0 Å². The molecule has 1 aromatic carbocycles. The quantitative estimate of drug-likeness (QED) is 0.349. The number of ether oxygens (including phenoxy) is 1. The first kappa shape index (κ1) is 20.0. The highest BCUT2D eigenvalue weighted by molar-refractivity contribution is 9.10. The van der Waals surface area contributed by atoms with Crippen molar-refractivity contribution in [1.82, 2.24) is 0 Å². The van der Waals surface area contributed by atoms with E-state index < -0.39 is 0 Å². The Labute approximate surface area is 160 Å². The van der Waals surface area contributed by atoms with E-state index in [0.717, 1.165) is 17.0 Å². The molecule has 4 nitrogen and oxygen atoms in total. The number of fused-ring (bicyclic) bond motifs is 1. The Bertz CT molecular complexity index is 793. The summed E-state index contributed by atoms with van der Waals surface area (Å²) in [5.41, 5.74) is 7.02. The number of hydrogen-bond acceptors (Lipinski definition) is 3. The molecule has 0 aliphatic heterocycles. The van der Waals surface area contributed by atoms with Crippen LogP contribution in [0.5, 0.6) is 11.5 Å². The molecule has 3 rings (SSSR count). The average Bonchev–Trinajstić information content (AvgIpc) is 2.59. The summed E-state index contributed by atoms with van der Waals surface area (Å²) in [6.45, 7) is 4.08. The molecule has 0 saturated carbocycles. The maximum Gasteiger partial charge on any atom is 0.253 e. The molecule has 0 atom stereocenters. The monoisotopic (exact) mass is 452 g/mol. The van der Waals surface area contributed by atoms with Gasteiger partial charge < -0.3 is 32.6 Å². The first-order valence-corrected chi connectivity index (χ1v) is 7.78. The summed E-state index contributed by atoms with van der Waals surface area (Å²) in [6.07, 6.45) is 5.48.